The van der Waals surface area contributed by atoms with E-state index in [4.69, 9.17) is 10.8 Å². The number of nitrogens with one attached hydrogen (secondary N) is 2. The second-order valence-corrected chi connectivity index (χ2v) is 12.6. The highest BCUT2D eigenvalue weighted by molar-refractivity contribution is 14.1. The van der Waals surface area contributed by atoms with Crippen molar-refractivity contribution in [3.8, 4) is 11.8 Å². The Kier molecular flexibility index (Phi) is 10.1. The van der Waals surface area contributed by atoms with Crippen LogP contribution in [0.15, 0.2) is 46.2 Å². The van der Waals surface area contributed by atoms with Crippen molar-refractivity contribution in [2.75, 3.05) is 13.3 Å². The SMILES string of the molecule is C=C=C(CC(NI)C1CC1)N[C@H]1C#C/C(N(N)[C@@H]2CC=C(P(C)C)CC2)=C/CC(C)/C(C)=N\1. The van der Waals surface area contributed by atoms with Gasteiger partial charge in [0.15, 0.2) is 6.17 Å². The van der Waals surface area contributed by atoms with E-state index in [1.807, 2.05) is 5.01 Å². The molecule has 1 heterocycles. The predicted molar refractivity (Wildman–Crippen MR) is 151 cm³/mol. The summed E-state index contributed by atoms with van der Waals surface area (Å²) in [6, 6.07) is 0.730. The number of halogens is 1. The number of hydrogen-bond acceptors (Lipinski definition) is 5. The number of hydrazine groups is 1. The molecule has 0 radical (unpaired) electrons. The van der Waals surface area contributed by atoms with E-state index in [1.165, 1.54) is 12.8 Å². The molecule has 180 valence electrons. The summed E-state index contributed by atoms with van der Waals surface area (Å²) in [5.41, 5.74) is 6.07. The Labute approximate surface area is 215 Å². The van der Waals surface area contributed by atoms with Crippen LogP contribution in [-0.2, 0) is 0 Å². The van der Waals surface area contributed by atoms with Crippen LogP contribution in [-0.4, -0.2) is 42.3 Å². The molecule has 33 heavy (non-hydrogen) atoms. The summed E-state index contributed by atoms with van der Waals surface area (Å²) in [7, 11) is -0.000982. The molecule has 5 nitrogen and oxygen atoms in total. The van der Waals surface area contributed by atoms with Gasteiger partial charge < -0.3 is 5.32 Å². The second-order valence-electron chi connectivity index (χ2n) is 9.65. The lowest BCUT2D eigenvalue weighted by atomic mass is 9.99. The highest BCUT2D eigenvalue weighted by Gasteiger charge is 2.31. The van der Waals surface area contributed by atoms with Gasteiger partial charge in [0.2, 0.25) is 0 Å². The number of allylic oxidation sites excluding steroid dienone is 3. The topological polar surface area (TPSA) is 65.7 Å². The molecule has 0 amide bonds. The van der Waals surface area contributed by atoms with E-state index < -0.39 is 0 Å². The molecule has 0 aromatic heterocycles. The molecular weight excluding hydrogens is 540 g/mol. The summed E-state index contributed by atoms with van der Waals surface area (Å²) >= 11 is 2.26. The fourth-order valence-electron chi connectivity index (χ4n) is 4.28. The van der Waals surface area contributed by atoms with Gasteiger partial charge >= 0.3 is 0 Å². The van der Waals surface area contributed by atoms with E-state index in [0.29, 0.717) is 18.0 Å². The second kappa shape index (κ2) is 12.6. The molecule has 3 rings (SSSR count). The van der Waals surface area contributed by atoms with Gasteiger partial charge in [-0.05, 0) is 82.5 Å². The number of aliphatic imine (C=N–C) groups is 1. The largest absolute Gasteiger partial charge is 0.351 e. The third-order valence-corrected chi connectivity index (χ3v) is 9.29. The van der Waals surface area contributed by atoms with Crippen LogP contribution in [0.5, 0.6) is 0 Å². The number of nitrogens with two attached hydrogens (primary N) is 1. The molecule has 2 aliphatic carbocycles. The van der Waals surface area contributed by atoms with E-state index in [-0.39, 0.29) is 14.1 Å². The van der Waals surface area contributed by atoms with Crippen molar-refractivity contribution < 1.29 is 0 Å². The summed E-state index contributed by atoms with van der Waals surface area (Å²) in [6.07, 6.45) is 11.8. The Morgan fingerprint density at radius 2 is 2.12 bits per heavy atom. The first-order valence-corrected chi connectivity index (χ1v) is 15.3. The monoisotopic (exact) mass is 579 g/mol. The van der Waals surface area contributed by atoms with Gasteiger partial charge in [-0.25, -0.2) is 5.84 Å². The maximum absolute atomic E-state index is 6.64. The Morgan fingerprint density at radius 1 is 1.36 bits per heavy atom. The molecule has 3 aliphatic rings. The van der Waals surface area contributed by atoms with E-state index in [2.05, 4.69) is 95.2 Å². The van der Waals surface area contributed by atoms with E-state index in [1.54, 1.807) is 5.31 Å². The minimum Gasteiger partial charge on any atom is -0.351 e. The molecule has 1 aliphatic heterocycles. The first-order valence-electron chi connectivity index (χ1n) is 12.0. The van der Waals surface area contributed by atoms with Gasteiger partial charge in [0.05, 0.1) is 11.4 Å². The van der Waals surface area contributed by atoms with Crippen LogP contribution in [0, 0.1) is 23.7 Å². The zero-order valence-corrected chi connectivity index (χ0v) is 23.5. The van der Waals surface area contributed by atoms with Crippen LogP contribution in [0.25, 0.3) is 0 Å². The van der Waals surface area contributed by atoms with Crippen LogP contribution in [0.2, 0.25) is 0 Å². The average molecular weight is 580 g/mol. The molecule has 0 saturated heterocycles. The standard InChI is InChI=1S/C26H39IN5P/c1-6-21(17-25(31-27)20-8-9-20)30-26-16-13-22(10-7-18(2)19(3)29-26)32(28)23-11-14-24(15-12-23)33(4)5/h10,14,18,20,23,25-26,30-31H,1,7-9,11-12,15,17,28H2,2-5H3/b22-10-,29-19-/t18?,23-,25?,26+/m1/s1. The van der Waals surface area contributed by atoms with Gasteiger partial charge in [-0.15, -0.1) is 5.73 Å². The van der Waals surface area contributed by atoms with Crippen molar-refractivity contribution in [1.82, 2.24) is 13.9 Å². The Hall–Kier alpha value is -1.09. The Bertz CT molecular complexity index is 901. The number of hydrogen-bond donors (Lipinski definition) is 3. The van der Waals surface area contributed by atoms with Gasteiger partial charge in [0, 0.05) is 47.1 Å². The number of nitrogens with zero attached hydrogens (tertiary/aromatic N) is 2. The first-order chi connectivity index (χ1) is 15.8. The minimum atomic E-state index is -0.331. The lowest BCUT2D eigenvalue weighted by Crippen LogP contribution is -2.41. The van der Waals surface area contributed by atoms with Gasteiger partial charge in [-0.2, -0.15) is 0 Å². The quantitative estimate of drug-likeness (QED) is 0.0650. The van der Waals surface area contributed by atoms with Crippen LogP contribution in [0.1, 0.15) is 58.8 Å². The minimum absolute atomic E-state index is 0.000982. The molecule has 0 spiro atoms. The third-order valence-electron chi connectivity index (χ3n) is 6.93. The maximum Gasteiger partial charge on any atom is 0.182 e. The molecule has 1 saturated carbocycles. The highest BCUT2D eigenvalue weighted by atomic mass is 127. The molecule has 0 aromatic rings. The molecular formula is C26H39IN5P. The van der Waals surface area contributed by atoms with Gasteiger partial charge in [-0.1, -0.05) is 38.9 Å². The van der Waals surface area contributed by atoms with Crippen LogP contribution >= 0.6 is 30.8 Å². The van der Waals surface area contributed by atoms with Crippen molar-refractivity contribution >= 4 is 36.5 Å². The molecule has 2 unspecified atom stereocenters. The van der Waals surface area contributed by atoms with Crippen molar-refractivity contribution in [2.24, 2.45) is 22.7 Å². The van der Waals surface area contributed by atoms with Crippen LogP contribution in [0.4, 0.5) is 0 Å². The summed E-state index contributed by atoms with van der Waals surface area (Å²) in [5, 5.41) is 7.02. The first kappa shape index (κ1) is 26.5. The molecule has 0 aromatic carbocycles. The normalized spacial score (nSPS) is 29.4. The lowest BCUT2D eigenvalue weighted by molar-refractivity contribution is 0.251. The van der Waals surface area contributed by atoms with Crippen LogP contribution < -0.4 is 14.7 Å². The van der Waals surface area contributed by atoms with Crippen molar-refractivity contribution in [3.05, 3.63) is 41.2 Å². The predicted octanol–water partition coefficient (Wildman–Crippen LogP) is 5.42. The van der Waals surface area contributed by atoms with Crippen molar-refractivity contribution in [2.45, 2.75) is 77.0 Å². The van der Waals surface area contributed by atoms with Gasteiger partial charge in [0.1, 0.15) is 0 Å². The molecule has 0 bridgehead atoms. The van der Waals surface area contributed by atoms with Gasteiger partial charge in [-0.3, -0.25) is 13.5 Å². The zero-order chi connectivity index (χ0) is 24.0. The third kappa shape index (κ3) is 7.70. The smallest absolute Gasteiger partial charge is 0.182 e. The lowest BCUT2D eigenvalue weighted by Gasteiger charge is -2.32. The van der Waals surface area contributed by atoms with E-state index in [9.17, 15) is 0 Å². The summed E-state index contributed by atoms with van der Waals surface area (Å²) < 4.78 is 3.42. The number of rotatable bonds is 9. The highest BCUT2D eigenvalue weighted by Crippen LogP contribution is 2.42. The summed E-state index contributed by atoms with van der Waals surface area (Å²) in [6.45, 7) is 12.9. The molecule has 4 N–H and O–H groups in total. The molecule has 4 atom stereocenters. The maximum atomic E-state index is 6.64. The zero-order valence-electron chi connectivity index (χ0n) is 20.5. The fourth-order valence-corrected chi connectivity index (χ4v) is 6.05. The molecule has 1 fully saturated rings. The Morgan fingerprint density at radius 3 is 2.70 bits per heavy atom. The van der Waals surface area contributed by atoms with E-state index in [0.717, 1.165) is 55.1 Å². The van der Waals surface area contributed by atoms with Crippen LogP contribution in [0.3, 0.4) is 0 Å². The van der Waals surface area contributed by atoms with Gasteiger partial charge in [0.25, 0.3) is 0 Å². The van der Waals surface area contributed by atoms with E-state index >= 15 is 0 Å². The fraction of sp³-hybridized carbons (Fsp3) is 0.615. The van der Waals surface area contributed by atoms with Crippen molar-refractivity contribution in [3.63, 3.8) is 0 Å². The van der Waals surface area contributed by atoms with Crippen molar-refractivity contribution in [1.29, 1.82) is 0 Å². The average Bonchev–Trinajstić information content (AvgIpc) is 3.65. The molecule has 7 heteroatoms. The Balaban J connectivity index is 1.75. The summed E-state index contributed by atoms with van der Waals surface area (Å²) in [5.74, 6) is 14.4. The summed E-state index contributed by atoms with van der Waals surface area (Å²) in [4.78, 5) is 4.91.